The van der Waals surface area contributed by atoms with Crippen molar-refractivity contribution in [1.82, 2.24) is 0 Å². The Balaban J connectivity index is 2.25. The highest BCUT2D eigenvalue weighted by Gasteiger charge is 2.69. The van der Waals surface area contributed by atoms with Gasteiger partial charge in [0, 0.05) is 0 Å². The summed E-state index contributed by atoms with van der Waals surface area (Å²) in [6.07, 6.45) is 3.16. The van der Waals surface area contributed by atoms with Gasteiger partial charge in [-0.3, -0.25) is 0 Å². The second kappa shape index (κ2) is 3.73. The normalized spacial score (nSPS) is 42.4. The van der Waals surface area contributed by atoms with E-state index in [-0.39, 0.29) is 0 Å². The standard InChI is InChI=1S/C16H30O/c1-11(2)17-10-13-12-8-9-16(7,14(12,3)4)15(13,5)6/h11-13H,8-10H2,1-7H3/t12?,13?,16-/m0/s1. The van der Waals surface area contributed by atoms with Gasteiger partial charge in [0.05, 0.1) is 12.7 Å². The molecule has 0 saturated heterocycles. The molecule has 2 aliphatic rings. The first-order chi connectivity index (χ1) is 7.64. The molecule has 0 aromatic rings. The van der Waals surface area contributed by atoms with E-state index in [1.807, 2.05) is 0 Å². The van der Waals surface area contributed by atoms with Crippen LogP contribution in [0.15, 0.2) is 0 Å². The SMILES string of the molecule is CC(C)OCC1C2CC[C@@](C)(C2(C)C)C1(C)C. The van der Waals surface area contributed by atoms with E-state index in [2.05, 4.69) is 48.5 Å². The van der Waals surface area contributed by atoms with Crippen molar-refractivity contribution in [3.8, 4) is 0 Å². The summed E-state index contributed by atoms with van der Waals surface area (Å²) in [6.45, 7) is 17.7. The molecule has 2 bridgehead atoms. The van der Waals surface area contributed by atoms with Crippen LogP contribution in [0.5, 0.6) is 0 Å². The molecule has 0 aromatic carbocycles. The highest BCUT2D eigenvalue weighted by Crippen LogP contribution is 2.75. The van der Waals surface area contributed by atoms with E-state index in [1.165, 1.54) is 12.8 Å². The maximum absolute atomic E-state index is 5.95. The van der Waals surface area contributed by atoms with Gasteiger partial charge in [-0.25, -0.2) is 0 Å². The monoisotopic (exact) mass is 238 g/mol. The van der Waals surface area contributed by atoms with Gasteiger partial charge >= 0.3 is 0 Å². The molecular formula is C16H30O. The molecule has 0 spiro atoms. The van der Waals surface area contributed by atoms with E-state index in [1.54, 1.807) is 0 Å². The second-order valence-electron chi connectivity index (χ2n) is 7.91. The summed E-state index contributed by atoms with van der Waals surface area (Å²) >= 11 is 0. The largest absolute Gasteiger partial charge is 0.378 e. The van der Waals surface area contributed by atoms with Gasteiger partial charge in [-0.05, 0) is 54.8 Å². The Bertz CT molecular complexity index is 303. The number of fused-ring (bicyclic) bond motifs is 2. The van der Waals surface area contributed by atoms with Gasteiger partial charge in [-0.15, -0.1) is 0 Å². The molecule has 17 heavy (non-hydrogen) atoms. The van der Waals surface area contributed by atoms with Gasteiger partial charge in [-0.1, -0.05) is 34.6 Å². The molecule has 2 saturated carbocycles. The van der Waals surface area contributed by atoms with E-state index in [4.69, 9.17) is 4.74 Å². The Kier molecular flexibility index (Phi) is 2.94. The third-order valence-electron chi connectivity index (χ3n) is 6.75. The Morgan fingerprint density at radius 2 is 1.65 bits per heavy atom. The summed E-state index contributed by atoms with van der Waals surface area (Å²) in [5, 5.41) is 0. The second-order valence-corrected chi connectivity index (χ2v) is 7.91. The van der Waals surface area contributed by atoms with E-state index >= 15 is 0 Å². The van der Waals surface area contributed by atoms with E-state index in [0.29, 0.717) is 22.3 Å². The molecule has 0 heterocycles. The van der Waals surface area contributed by atoms with Crippen LogP contribution in [0.25, 0.3) is 0 Å². The van der Waals surface area contributed by atoms with Crippen LogP contribution in [0.4, 0.5) is 0 Å². The van der Waals surface area contributed by atoms with Crippen LogP contribution in [0.2, 0.25) is 0 Å². The maximum atomic E-state index is 5.95. The highest BCUT2D eigenvalue weighted by molar-refractivity contribution is 5.17. The predicted octanol–water partition coefficient (Wildman–Crippen LogP) is 4.51. The van der Waals surface area contributed by atoms with Crippen LogP contribution < -0.4 is 0 Å². The van der Waals surface area contributed by atoms with Crippen molar-refractivity contribution in [2.24, 2.45) is 28.1 Å². The lowest BCUT2D eigenvalue weighted by molar-refractivity contribution is -0.0347. The van der Waals surface area contributed by atoms with Gasteiger partial charge in [-0.2, -0.15) is 0 Å². The summed E-state index contributed by atoms with van der Waals surface area (Å²) < 4.78 is 5.95. The molecule has 2 fully saturated rings. The molecule has 2 unspecified atom stereocenters. The lowest BCUT2D eigenvalue weighted by Gasteiger charge is -2.47. The molecule has 100 valence electrons. The van der Waals surface area contributed by atoms with E-state index in [0.717, 1.165) is 18.4 Å². The minimum atomic E-state index is 0.362. The minimum Gasteiger partial charge on any atom is -0.378 e. The Morgan fingerprint density at radius 3 is 2.06 bits per heavy atom. The van der Waals surface area contributed by atoms with Gasteiger partial charge in [0.1, 0.15) is 0 Å². The summed E-state index contributed by atoms with van der Waals surface area (Å²) in [6, 6.07) is 0. The molecule has 1 nitrogen and oxygen atoms in total. The predicted molar refractivity (Wildman–Crippen MR) is 73.0 cm³/mol. The number of hydrogen-bond donors (Lipinski definition) is 0. The fraction of sp³-hybridized carbons (Fsp3) is 1.00. The molecule has 1 heteroatoms. The Morgan fingerprint density at radius 1 is 1.06 bits per heavy atom. The molecule has 0 aromatic heterocycles. The average molecular weight is 238 g/mol. The maximum Gasteiger partial charge on any atom is 0.0519 e. The molecule has 0 N–H and O–H groups in total. The molecule has 2 aliphatic carbocycles. The fourth-order valence-electron chi connectivity index (χ4n) is 4.93. The van der Waals surface area contributed by atoms with Crippen molar-refractivity contribution in [3.63, 3.8) is 0 Å². The minimum absolute atomic E-state index is 0.362. The molecule has 3 atom stereocenters. The quantitative estimate of drug-likeness (QED) is 0.703. The van der Waals surface area contributed by atoms with Crippen LogP contribution >= 0.6 is 0 Å². The zero-order valence-electron chi connectivity index (χ0n) is 12.8. The van der Waals surface area contributed by atoms with Crippen molar-refractivity contribution >= 4 is 0 Å². The summed E-state index contributed by atoms with van der Waals surface area (Å²) in [4.78, 5) is 0. The van der Waals surface area contributed by atoms with Crippen LogP contribution in [0, 0.1) is 28.1 Å². The fourth-order valence-corrected chi connectivity index (χ4v) is 4.93. The van der Waals surface area contributed by atoms with Crippen molar-refractivity contribution < 1.29 is 4.74 Å². The van der Waals surface area contributed by atoms with Crippen LogP contribution in [-0.2, 0) is 4.74 Å². The zero-order chi connectivity index (χ0) is 13.1. The Hall–Kier alpha value is -0.0400. The highest BCUT2D eigenvalue weighted by atomic mass is 16.5. The molecule has 2 rings (SSSR count). The third-order valence-corrected chi connectivity index (χ3v) is 6.75. The summed E-state index contributed by atoms with van der Waals surface area (Å²) in [5.74, 6) is 1.58. The number of ether oxygens (including phenoxy) is 1. The molecular weight excluding hydrogens is 208 g/mol. The first-order valence-corrected chi connectivity index (χ1v) is 7.26. The number of hydrogen-bond acceptors (Lipinski definition) is 1. The lowest BCUT2D eigenvalue weighted by atomic mass is 9.58. The molecule has 0 radical (unpaired) electrons. The van der Waals surface area contributed by atoms with Crippen molar-refractivity contribution in [3.05, 3.63) is 0 Å². The zero-order valence-corrected chi connectivity index (χ0v) is 12.8. The van der Waals surface area contributed by atoms with Crippen LogP contribution in [0.3, 0.4) is 0 Å². The lowest BCUT2D eigenvalue weighted by Crippen LogP contribution is -2.41. The molecule has 0 aliphatic heterocycles. The van der Waals surface area contributed by atoms with Crippen LogP contribution in [0.1, 0.15) is 61.3 Å². The number of rotatable bonds is 3. The van der Waals surface area contributed by atoms with Gasteiger partial charge in [0.15, 0.2) is 0 Å². The van der Waals surface area contributed by atoms with E-state index < -0.39 is 0 Å². The third kappa shape index (κ3) is 1.54. The first kappa shape index (κ1) is 13.4. The topological polar surface area (TPSA) is 9.23 Å². The van der Waals surface area contributed by atoms with Crippen LogP contribution in [-0.4, -0.2) is 12.7 Å². The first-order valence-electron chi connectivity index (χ1n) is 7.26. The Labute approximate surface area is 107 Å². The van der Waals surface area contributed by atoms with Gasteiger partial charge in [0.2, 0.25) is 0 Å². The van der Waals surface area contributed by atoms with Gasteiger partial charge in [0.25, 0.3) is 0 Å². The van der Waals surface area contributed by atoms with Crippen molar-refractivity contribution in [2.45, 2.75) is 67.4 Å². The average Bonchev–Trinajstić information content (AvgIpc) is 2.46. The van der Waals surface area contributed by atoms with Gasteiger partial charge < -0.3 is 4.74 Å². The summed E-state index contributed by atoms with van der Waals surface area (Å²) in [5.41, 5.74) is 1.37. The molecule has 0 amide bonds. The van der Waals surface area contributed by atoms with Crippen molar-refractivity contribution in [1.29, 1.82) is 0 Å². The summed E-state index contributed by atoms with van der Waals surface area (Å²) in [7, 11) is 0. The smallest absolute Gasteiger partial charge is 0.0519 e. The van der Waals surface area contributed by atoms with E-state index in [9.17, 15) is 0 Å². The van der Waals surface area contributed by atoms with Crippen molar-refractivity contribution in [2.75, 3.05) is 6.61 Å².